The van der Waals surface area contributed by atoms with Crippen molar-refractivity contribution in [3.05, 3.63) is 54.1 Å². The molecule has 0 fully saturated rings. The summed E-state index contributed by atoms with van der Waals surface area (Å²) in [6.45, 7) is 0. The van der Waals surface area contributed by atoms with E-state index in [1.54, 1.807) is 24.4 Å². The predicted molar refractivity (Wildman–Crippen MR) is 64.6 cm³/mol. The minimum absolute atomic E-state index is 0.0359. The van der Waals surface area contributed by atoms with Crippen LogP contribution in [0.5, 0.6) is 5.75 Å². The van der Waals surface area contributed by atoms with Gasteiger partial charge in [-0.3, -0.25) is 9.78 Å². The molecule has 0 unspecified atom stereocenters. The second-order valence-corrected chi connectivity index (χ2v) is 3.71. The third-order valence-electron chi connectivity index (χ3n) is 2.29. The molecule has 4 nitrogen and oxygen atoms in total. The number of hydrogen-bond acceptors (Lipinski definition) is 3. The van der Waals surface area contributed by atoms with Gasteiger partial charge in [-0.2, -0.15) is 0 Å². The molecule has 1 heterocycles. The maximum absolute atomic E-state index is 13.4. The molecule has 0 aliphatic rings. The smallest absolute Gasteiger partial charge is 0.230 e. The van der Waals surface area contributed by atoms with Crippen molar-refractivity contribution in [2.24, 2.45) is 0 Å². The maximum atomic E-state index is 13.4. The lowest BCUT2D eigenvalue weighted by molar-refractivity contribution is -0.115. The Morgan fingerprint density at radius 2 is 2.17 bits per heavy atom. The summed E-state index contributed by atoms with van der Waals surface area (Å²) in [4.78, 5) is 15.6. The minimum Gasteiger partial charge on any atom is -0.508 e. The number of hydrogen-bond donors (Lipinski definition) is 2. The van der Waals surface area contributed by atoms with Gasteiger partial charge in [-0.25, -0.2) is 4.39 Å². The largest absolute Gasteiger partial charge is 0.508 e. The number of nitrogens with zero attached hydrogens (tertiary/aromatic N) is 1. The molecule has 0 saturated heterocycles. The van der Waals surface area contributed by atoms with Gasteiger partial charge >= 0.3 is 0 Å². The second kappa shape index (κ2) is 5.27. The Balaban J connectivity index is 2.03. The zero-order valence-corrected chi connectivity index (χ0v) is 9.43. The Labute approximate surface area is 103 Å². The zero-order chi connectivity index (χ0) is 13.0. The molecule has 2 aromatic rings. The Bertz CT molecular complexity index is 558. The van der Waals surface area contributed by atoms with Crippen LogP contribution in [0, 0.1) is 5.82 Å². The number of aromatic hydroxyl groups is 1. The Hall–Kier alpha value is -2.43. The van der Waals surface area contributed by atoms with Crippen molar-refractivity contribution in [3.63, 3.8) is 0 Å². The molecule has 92 valence electrons. The first-order valence-corrected chi connectivity index (χ1v) is 5.33. The molecule has 0 saturated carbocycles. The highest BCUT2D eigenvalue weighted by Gasteiger charge is 2.08. The first-order valence-electron chi connectivity index (χ1n) is 5.33. The number of aromatic nitrogens is 1. The van der Waals surface area contributed by atoms with Gasteiger partial charge in [0.15, 0.2) is 0 Å². The number of phenols is 1. The summed E-state index contributed by atoms with van der Waals surface area (Å²) >= 11 is 0. The van der Waals surface area contributed by atoms with Crippen LogP contribution in [-0.4, -0.2) is 16.0 Å². The van der Waals surface area contributed by atoms with Gasteiger partial charge in [0, 0.05) is 18.0 Å². The van der Waals surface area contributed by atoms with E-state index in [1.165, 1.54) is 12.1 Å². The highest BCUT2D eigenvalue weighted by atomic mass is 19.1. The standard InChI is InChI=1S/C13H11FN2O2/c14-11-8-10(17)4-5-12(11)16-13(18)7-9-3-1-2-6-15-9/h1-6,8,17H,7H2,(H,16,18). The Kier molecular flexibility index (Phi) is 3.52. The summed E-state index contributed by atoms with van der Waals surface area (Å²) in [6.07, 6.45) is 1.66. The van der Waals surface area contributed by atoms with Crippen molar-refractivity contribution < 1.29 is 14.3 Å². The van der Waals surface area contributed by atoms with E-state index < -0.39 is 5.82 Å². The summed E-state index contributed by atoms with van der Waals surface area (Å²) in [5, 5.41) is 11.5. The topological polar surface area (TPSA) is 62.2 Å². The SMILES string of the molecule is O=C(Cc1ccccn1)Nc1ccc(O)cc1F. The zero-order valence-electron chi connectivity index (χ0n) is 9.43. The van der Waals surface area contributed by atoms with E-state index in [2.05, 4.69) is 10.3 Å². The van der Waals surface area contributed by atoms with Crippen molar-refractivity contribution in [1.29, 1.82) is 0 Å². The van der Waals surface area contributed by atoms with Crippen molar-refractivity contribution in [2.45, 2.75) is 6.42 Å². The van der Waals surface area contributed by atoms with Crippen LogP contribution in [0.25, 0.3) is 0 Å². The average molecular weight is 246 g/mol. The molecule has 0 bridgehead atoms. The summed E-state index contributed by atoms with van der Waals surface area (Å²) in [6, 6.07) is 8.79. The van der Waals surface area contributed by atoms with Crippen LogP contribution in [0.4, 0.5) is 10.1 Å². The van der Waals surface area contributed by atoms with Gasteiger partial charge in [-0.05, 0) is 24.3 Å². The third kappa shape index (κ3) is 3.04. The van der Waals surface area contributed by atoms with Gasteiger partial charge in [-0.1, -0.05) is 6.07 Å². The summed E-state index contributed by atoms with van der Waals surface area (Å²) in [5.41, 5.74) is 0.642. The van der Waals surface area contributed by atoms with Crippen molar-refractivity contribution in [3.8, 4) is 5.75 Å². The molecular weight excluding hydrogens is 235 g/mol. The number of rotatable bonds is 3. The predicted octanol–water partition coefficient (Wildman–Crippen LogP) is 2.11. The minimum atomic E-state index is -0.677. The molecular formula is C13H11FN2O2. The van der Waals surface area contributed by atoms with E-state index >= 15 is 0 Å². The first kappa shape index (κ1) is 12.0. The number of nitrogens with one attached hydrogen (secondary N) is 1. The first-order chi connectivity index (χ1) is 8.65. The molecule has 5 heteroatoms. The van der Waals surface area contributed by atoms with Gasteiger partial charge in [-0.15, -0.1) is 0 Å². The number of benzene rings is 1. The number of carbonyl (C=O) groups is 1. The Morgan fingerprint density at radius 1 is 1.33 bits per heavy atom. The normalized spacial score (nSPS) is 10.1. The highest BCUT2D eigenvalue weighted by molar-refractivity contribution is 5.92. The lowest BCUT2D eigenvalue weighted by atomic mass is 10.2. The van der Waals surface area contributed by atoms with Crippen molar-refractivity contribution in [1.82, 2.24) is 4.98 Å². The van der Waals surface area contributed by atoms with E-state index in [-0.39, 0.29) is 23.8 Å². The van der Waals surface area contributed by atoms with Crippen molar-refractivity contribution >= 4 is 11.6 Å². The summed E-state index contributed by atoms with van der Waals surface area (Å²) in [5.74, 6) is -1.22. The number of amides is 1. The van der Waals surface area contributed by atoms with Crippen LogP contribution in [0.2, 0.25) is 0 Å². The fourth-order valence-electron chi connectivity index (χ4n) is 1.47. The Morgan fingerprint density at radius 3 is 2.83 bits per heavy atom. The molecule has 0 radical (unpaired) electrons. The van der Waals surface area contributed by atoms with E-state index in [1.807, 2.05) is 0 Å². The van der Waals surface area contributed by atoms with Gasteiger partial charge < -0.3 is 10.4 Å². The van der Waals surface area contributed by atoms with Crippen molar-refractivity contribution in [2.75, 3.05) is 5.32 Å². The van der Waals surface area contributed by atoms with E-state index in [0.717, 1.165) is 6.07 Å². The van der Waals surface area contributed by atoms with Gasteiger partial charge in [0.25, 0.3) is 0 Å². The molecule has 2 N–H and O–H groups in total. The van der Waals surface area contributed by atoms with Crippen LogP contribution in [0.15, 0.2) is 42.6 Å². The second-order valence-electron chi connectivity index (χ2n) is 3.71. The lowest BCUT2D eigenvalue weighted by Gasteiger charge is -2.06. The highest BCUT2D eigenvalue weighted by Crippen LogP contribution is 2.19. The molecule has 18 heavy (non-hydrogen) atoms. The monoisotopic (exact) mass is 246 g/mol. The van der Waals surface area contributed by atoms with Crippen LogP contribution in [0.1, 0.15) is 5.69 Å². The summed E-state index contributed by atoms with van der Waals surface area (Å²) in [7, 11) is 0. The van der Waals surface area contributed by atoms with Crippen LogP contribution in [-0.2, 0) is 11.2 Å². The number of phenolic OH excluding ortho intramolecular Hbond substituents is 1. The van der Waals surface area contributed by atoms with E-state index in [0.29, 0.717) is 5.69 Å². The van der Waals surface area contributed by atoms with E-state index in [4.69, 9.17) is 5.11 Å². The molecule has 2 rings (SSSR count). The molecule has 1 aromatic heterocycles. The van der Waals surface area contributed by atoms with Crippen LogP contribution >= 0.6 is 0 Å². The average Bonchev–Trinajstić information content (AvgIpc) is 2.34. The third-order valence-corrected chi connectivity index (χ3v) is 2.29. The molecule has 0 atom stereocenters. The van der Waals surface area contributed by atoms with E-state index in [9.17, 15) is 9.18 Å². The lowest BCUT2D eigenvalue weighted by Crippen LogP contribution is -2.15. The number of anilines is 1. The quantitative estimate of drug-likeness (QED) is 0.815. The maximum Gasteiger partial charge on any atom is 0.230 e. The van der Waals surface area contributed by atoms with Gasteiger partial charge in [0.2, 0.25) is 5.91 Å². The molecule has 1 amide bonds. The van der Waals surface area contributed by atoms with Crippen LogP contribution < -0.4 is 5.32 Å². The fraction of sp³-hybridized carbons (Fsp3) is 0.0769. The fourth-order valence-corrected chi connectivity index (χ4v) is 1.47. The van der Waals surface area contributed by atoms with Crippen LogP contribution in [0.3, 0.4) is 0 Å². The van der Waals surface area contributed by atoms with Gasteiger partial charge in [0.05, 0.1) is 12.1 Å². The molecule has 0 aliphatic heterocycles. The number of carbonyl (C=O) groups excluding carboxylic acids is 1. The van der Waals surface area contributed by atoms with Gasteiger partial charge in [0.1, 0.15) is 11.6 Å². The number of pyridine rings is 1. The number of halogens is 1. The molecule has 0 aliphatic carbocycles. The molecule has 1 aromatic carbocycles. The summed E-state index contributed by atoms with van der Waals surface area (Å²) < 4.78 is 13.4. The molecule has 0 spiro atoms.